The van der Waals surface area contributed by atoms with Crippen LogP contribution in [0.5, 0.6) is 0 Å². The summed E-state index contributed by atoms with van der Waals surface area (Å²) in [7, 11) is 2.20. The average molecular weight is 393 g/mol. The van der Waals surface area contributed by atoms with E-state index in [0.717, 1.165) is 48.7 Å². The molecule has 5 rings (SSSR count). The second kappa shape index (κ2) is 6.57. The molecular formula is C22H24N4OS. The highest BCUT2D eigenvalue weighted by Crippen LogP contribution is 2.42. The molecule has 144 valence electrons. The minimum absolute atomic E-state index is 0.149. The topological polar surface area (TPSA) is 41.4 Å². The monoisotopic (exact) mass is 392 g/mol. The molecule has 0 aliphatic carbocycles. The second-order valence-corrected chi connectivity index (χ2v) is 8.78. The summed E-state index contributed by atoms with van der Waals surface area (Å²) in [6, 6.07) is 10.6. The molecule has 1 saturated heterocycles. The van der Waals surface area contributed by atoms with Crippen LogP contribution in [0.4, 0.5) is 0 Å². The number of fused-ring (bicyclic) bond motifs is 4. The number of nitrogens with zero attached hydrogens (tertiary/aromatic N) is 4. The molecule has 0 unspecified atom stereocenters. The number of likely N-dealkylation sites (tertiary alicyclic amines) is 1. The SMILES string of the molecule is Cc1ccsc1C(=O)N1CCC2(CC1)c1nccn1-c1ccccc1CN2C. The summed E-state index contributed by atoms with van der Waals surface area (Å²) in [5.74, 6) is 1.27. The number of thiophene rings is 1. The van der Waals surface area contributed by atoms with Gasteiger partial charge in [0, 0.05) is 32.0 Å². The maximum absolute atomic E-state index is 13.0. The van der Waals surface area contributed by atoms with Crippen LogP contribution >= 0.6 is 11.3 Å². The Bertz CT molecular complexity index is 1030. The quantitative estimate of drug-likeness (QED) is 0.632. The third kappa shape index (κ3) is 2.55. The van der Waals surface area contributed by atoms with E-state index in [2.05, 4.69) is 47.0 Å². The molecule has 3 aromatic rings. The third-order valence-electron chi connectivity index (χ3n) is 6.38. The van der Waals surface area contributed by atoms with E-state index in [9.17, 15) is 4.79 Å². The van der Waals surface area contributed by atoms with Gasteiger partial charge < -0.3 is 9.47 Å². The molecule has 2 aromatic heterocycles. The van der Waals surface area contributed by atoms with Crippen LogP contribution in [-0.2, 0) is 12.1 Å². The lowest BCUT2D eigenvalue weighted by molar-refractivity contribution is 0.0232. The number of hydrogen-bond acceptors (Lipinski definition) is 4. The number of carbonyl (C=O) groups excluding carboxylic acids is 1. The number of rotatable bonds is 1. The smallest absolute Gasteiger partial charge is 0.264 e. The van der Waals surface area contributed by atoms with Gasteiger partial charge in [-0.25, -0.2) is 4.98 Å². The van der Waals surface area contributed by atoms with Crippen LogP contribution in [-0.4, -0.2) is 45.4 Å². The summed E-state index contributed by atoms with van der Waals surface area (Å²) in [5, 5.41) is 2.00. The zero-order valence-electron chi connectivity index (χ0n) is 16.3. The maximum Gasteiger partial charge on any atom is 0.264 e. The van der Waals surface area contributed by atoms with Crippen LogP contribution in [0.15, 0.2) is 48.1 Å². The van der Waals surface area contributed by atoms with Gasteiger partial charge in [-0.3, -0.25) is 9.69 Å². The lowest BCUT2D eigenvalue weighted by Crippen LogP contribution is -2.53. The van der Waals surface area contributed by atoms with Crippen molar-refractivity contribution in [2.75, 3.05) is 20.1 Å². The fraction of sp³-hybridized carbons (Fsp3) is 0.364. The molecule has 2 aliphatic rings. The van der Waals surface area contributed by atoms with Gasteiger partial charge in [0.25, 0.3) is 5.91 Å². The predicted molar refractivity (Wildman–Crippen MR) is 111 cm³/mol. The number of carbonyl (C=O) groups is 1. The van der Waals surface area contributed by atoms with Crippen molar-refractivity contribution in [1.29, 1.82) is 0 Å². The lowest BCUT2D eigenvalue weighted by Gasteiger charge is -2.45. The van der Waals surface area contributed by atoms with Crippen molar-refractivity contribution < 1.29 is 4.79 Å². The molecule has 5 nitrogen and oxygen atoms in total. The predicted octanol–water partition coefficient (Wildman–Crippen LogP) is 3.82. The summed E-state index contributed by atoms with van der Waals surface area (Å²) in [5.41, 5.74) is 3.46. The number of para-hydroxylation sites is 1. The largest absolute Gasteiger partial charge is 0.338 e. The van der Waals surface area contributed by atoms with Gasteiger partial charge in [-0.2, -0.15) is 0 Å². The highest BCUT2D eigenvalue weighted by Gasteiger charge is 2.45. The van der Waals surface area contributed by atoms with E-state index in [1.54, 1.807) is 11.3 Å². The minimum atomic E-state index is -0.149. The Balaban J connectivity index is 1.47. The van der Waals surface area contributed by atoms with Crippen molar-refractivity contribution in [3.8, 4) is 5.69 Å². The summed E-state index contributed by atoms with van der Waals surface area (Å²) < 4.78 is 2.25. The molecule has 0 bridgehead atoms. The molecule has 0 N–H and O–H groups in total. The van der Waals surface area contributed by atoms with Crippen molar-refractivity contribution in [3.05, 3.63) is 69.9 Å². The molecule has 1 fully saturated rings. The number of hydrogen-bond donors (Lipinski definition) is 0. The Morgan fingerprint density at radius 3 is 2.71 bits per heavy atom. The Hall–Kier alpha value is -2.44. The van der Waals surface area contributed by atoms with E-state index in [-0.39, 0.29) is 11.4 Å². The van der Waals surface area contributed by atoms with Gasteiger partial charge in [-0.15, -0.1) is 11.3 Å². The molecule has 4 heterocycles. The molecule has 0 radical (unpaired) electrons. The Labute approximate surface area is 169 Å². The molecule has 1 amide bonds. The van der Waals surface area contributed by atoms with E-state index in [0.29, 0.717) is 0 Å². The lowest BCUT2D eigenvalue weighted by atomic mass is 9.84. The Kier molecular flexibility index (Phi) is 4.14. The minimum Gasteiger partial charge on any atom is -0.338 e. The van der Waals surface area contributed by atoms with Gasteiger partial charge in [-0.1, -0.05) is 18.2 Å². The van der Waals surface area contributed by atoms with Crippen molar-refractivity contribution in [2.24, 2.45) is 0 Å². The molecule has 2 aliphatic heterocycles. The molecule has 0 saturated carbocycles. The van der Waals surface area contributed by atoms with Gasteiger partial charge in [0.15, 0.2) is 0 Å². The van der Waals surface area contributed by atoms with Crippen LogP contribution in [0.2, 0.25) is 0 Å². The normalized spacial score (nSPS) is 18.6. The van der Waals surface area contributed by atoms with Gasteiger partial charge in [0.1, 0.15) is 5.82 Å². The van der Waals surface area contributed by atoms with E-state index in [1.807, 2.05) is 29.5 Å². The van der Waals surface area contributed by atoms with Crippen LogP contribution < -0.4 is 0 Å². The number of imidazole rings is 1. The van der Waals surface area contributed by atoms with Gasteiger partial charge in [0.05, 0.1) is 16.1 Å². The summed E-state index contributed by atoms with van der Waals surface area (Å²) in [4.78, 5) is 23.1. The zero-order valence-corrected chi connectivity index (χ0v) is 17.1. The summed E-state index contributed by atoms with van der Waals surface area (Å²) >= 11 is 1.55. The van der Waals surface area contributed by atoms with E-state index in [4.69, 9.17) is 4.98 Å². The number of aryl methyl sites for hydroxylation is 1. The number of benzene rings is 1. The van der Waals surface area contributed by atoms with Gasteiger partial charge in [-0.05, 0) is 55.5 Å². The fourth-order valence-corrected chi connectivity index (χ4v) is 5.61. The van der Waals surface area contributed by atoms with Crippen LogP contribution in [0, 0.1) is 6.92 Å². The molecule has 1 aromatic carbocycles. The Morgan fingerprint density at radius 2 is 1.96 bits per heavy atom. The molecule has 28 heavy (non-hydrogen) atoms. The highest BCUT2D eigenvalue weighted by molar-refractivity contribution is 7.12. The third-order valence-corrected chi connectivity index (χ3v) is 7.38. The van der Waals surface area contributed by atoms with E-state index < -0.39 is 0 Å². The summed E-state index contributed by atoms with van der Waals surface area (Å²) in [6.07, 6.45) is 5.76. The first-order chi connectivity index (χ1) is 13.6. The number of aromatic nitrogens is 2. The number of amides is 1. The maximum atomic E-state index is 13.0. The molecule has 1 spiro atoms. The average Bonchev–Trinajstić information content (AvgIpc) is 3.35. The Morgan fingerprint density at radius 1 is 1.18 bits per heavy atom. The van der Waals surface area contributed by atoms with Crippen molar-refractivity contribution >= 4 is 17.2 Å². The van der Waals surface area contributed by atoms with Crippen molar-refractivity contribution in [2.45, 2.75) is 31.8 Å². The first-order valence-electron chi connectivity index (χ1n) is 9.77. The summed E-state index contributed by atoms with van der Waals surface area (Å²) in [6.45, 7) is 4.41. The highest BCUT2D eigenvalue weighted by atomic mass is 32.1. The second-order valence-electron chi connectivity index (χ2n) is 7.86. The van der Waals surface area contributed by atoms with Gasteiger partial charge in [0.2, 0.25) is 0 Å². The van der Waals surface area contributed by atoms with E-state index >= 15 is 0 Å². The van der Waals surface area contributed by atoms with Crippen molar-refractivity contribution in [3.63, 3.8) is 0 Å². The fourth-order valence-electron chi connectivity index (χ4n) is 4.72. The molecule has 0 atom stereocenters. The van der Waals surface area contributed by atoms with Gasteiger partial charge >= 0.3 is 0 Å². The first kappa shape index (κ1) is 17.6. The first-order valence-corrected chi connectivity index (χ1v) is 10.6. The van der Waals surface area contributed by atoms with Crippen LogP contribution in [0.25, 0.3) is 5.69 Å². The zero-order chi connectivity index (χ0) is 19.3. The number of piperidine rings is 1. The molecular weight excluding hydrogens is 368 g/mol. The molecule has 6 heteroatoms. The van der Waals surface area contributed by atoms with Crippen LogP contribution in [0.3, 0.4) is 0 Å². The van der Waals surface area contributed by atoms with Crippen molar-refractivity contribution in [1.82, 2.24) is 19.4 Å². The van der Waals surface area contributed by atoms with E-state index in [1.165, 1.54) is 11.3 Å². The standard InChI is InChI=1S/C22H24N4OS/c1-16-7-14-28-19(16)20(27)25-11-8-22(9-12-25)21-23-10-13-26(21)18-6-4-3-5-17(18)15-24(22)2/h3-7,10,13-14H,8-9,11-12,15H2,1-2H3. The van der Waals surface area contributed by atoms with Crippen LogP contribution in [0.1, 0.15) is 39.5 Å².